The summed E-state index contributed by atoms with van der Waals surface area (Å²) >= 11 is 11.4. The quantitative estimate of drug-likeness (QED) is 0.121. The molecule has 0 N–H and O–H groups in total. The number of fused-ring (bicyclic) bond motifs is 21. The van der Waals surface area contributed by atoms with Crippen molar-refractivity contribution in [1.82, 2.24) is 43.6 Å². The Balaban J connectivity index is 0.000000108. The van der Waals surface area contributed by atoms with Gasteiger partial charge in [-0.3, -0.25) is 0 Å². The fraction of sp³-hybridized carbons (Fsp3) is 0. The van der Waals surface area contributed by atoms with Crippen LogP contribution in [0.5, 0.6) is 0 Å². The predicted octanol–water partition coefficient (Wildman–Crippen LogP) is 33.0. The lowest BCUT2D eigenvalue weighted by Gasteiger charge is -2.11. The van der Waals surface area contributed by atoms with Gasteiger partial charge in [0, 0.05) is 111 Å². The van der Waals surface area contributed by atoms with Crippen molar-refractivity contribution in [1.29, 1.82) is 0 Å². The Morgan fingerprint density at radius 2 is 0.310 bits per heavy atom. The molecule has 0 aliphatic carbocycles. The summed E-state index contributed by atoms with van der Waals surface area (Å²) in [5.41, 5.74) is 24.0. The fourth-order valence-corrected chi connectivity index (χ4v) is 25.6. The highest BCUT2D eigenvalue weighted by Crippen LogP contribution is 2.52. The molecule has 0 atom stereocenters. The minimum atomic E-state index is 0.644. The van der Waals surface area contributed by atoms with Crippen LogP contribution in [-0.4, -0.2) is 43.6 Å². The molecule has 11 aromatic heterocycles. The zero-order valence-corrected chi connectivity index (χ0v) is 73.7. The number of hydrogen-bond donors (Lipinski definition) is 0. The van der Waals surface area contributed by atoms with Crippen molar-refractivity contribution in [3.8, 4) is 119 Å². The second kappa shape index (κ2) is 32.0. The van der Waals surface area contributed by atoms with Gasteiger partial charge in [-0.2, -0.15) is 0 Å². The molecule has 606 valence electrons. The SMILES string of the molecule is c1ccc(-c2ccc(-c3nc(-c4ccccc4)nc(-c4ccc(-n5c6c7ccccc7sc6c6sc7ccccc7c65)cc4)n3)cc2)cc1.c1ccc(-c2ccc(-n3c4c5ccccc5sc4c4sc5ccccc5c43)cc2)cc1.c1ccc(-c2cccc(-c3nc(-c4ccccc4)nc(-c4ccc(-n5c6c7ccccc7sc6c6sc7ccccc7c65)cc4)n3)c2)cc1. The molecular weight excluding hydrogens is 1690 g/mol. The maximum absolute atomic E-state index is 5.07. The van der Waals surface area contributed by atoms with Gasteiger partial charge in [-0.15, -0.1) is 68.0 Å². The molecule has 27 aromatic rings. The van der Waals surface area contributed by atoms with E-state index in [1.165, 1.54) is 144 Å². The highest BCUT2D eigenvalue weighted by atomic mass is 32.1. The lowest BCUT2D eigenvalue weighted by atomic mass is 10.0. The minimum Gasteiger partial charge on any atom is -0.306 e. The van der Waals surface area contributed by atoms with Gasteiger partial charge in [0.25, 0.3) is 0 Å². The normalized spacial score (nSPS) is 11.7. The molecule has 0 saturated carbocycles. The zero-order valence-electron chi connectivity index (χ0n) is 68.8. The highest BCUT2D eigenvalue weighted by molar-refractivity contribution is 7.35. The van der Waals surface area contributed by atoms with E-state index in [0.29, 0.717) is 34.9 Å². The van der Waals surface area contributed by atoms with Crippen LogP contribution in [0, 0.1) is 0 Å². The first kappa shape index (κ1) is 76.2. The van der Waals surface area contributed by atoms with Gasteiger partial charge in [0.05, 0.1) is 61.3 Å². The smallest absolute Gasteiger partial charge is 0.164 e. The molecule has 16 aromatic carbocycles. The molecule has 0 unspecified atom stereocenters. The fourth-order valence-electron chi connectivity index (χ4n) is 18.1. The van der Waals surface area contributed by atoms with Crippen LogP contribution >= 0.6 is 68.0 Å². The number of rotatable bonds is 12. The third kappa shape index (κ3) is 13.4. The van der Waals surface area contributed by atoms with E-state index >= 15 is 0 Å². The molecule has 0 aliphatic heterocycles. The monoisotopic (exact) mass is 1760 g/mol. The Hall–Kier alpha value is -15.3. The summed E-state index contributed by atoms with van der Waals surface area (Å²) < 4.78 is 23.5. The van der Waals surface area contributed by atoms with Gasteiger partial charge in [0.1, 0.15) is 0 Å². The molecule has 27 rings (SSSR count). The molecule has 9 nitrogen and oxygen atoms in total. The number of aromatic nitrogens is 9. The molecule has 0 fully saturated rings. The molecule has 0 saturated heterocycles. The summed E-state index contributed by atoms with van der Waals surface area (Å²) in [7, 11) is 0. The van der Waals surface area contributed by atoms with E-state index < -0.39 is 0 Å². The highest BCUT2D eigenvalue weighted by Gasteiger charge is 2.27. The number of benzene rings is 16. The van der Waals surface area contributed by atoms with Gasteiger partial charge >= 0.3 is 0 Å². The van der Waals surface area contributed by atoms with Crippen LogP contribution in [0.2, 0.25) is 0 Å². The van der Waals surface area contributed by atoms with E-state index in [0.717, 1.165) is 61.4 Å². The topological polar surface area (TPSA) is 92.1 Å². The van der Waals surface area contributed by atoms with Gasteiger partial charge in [-0.25, -0.2) is 29.9 Å². The Morgan fingerprint density at radius 3 is 0.574 bits per heavy atom. The van der Waals surface area contributed by atoms with E-state index in [-0.39, 0.29) is 0 Å². The number of thiophene rings is 6. The minimum absolute atomic E-state index is 0.644. The summed E-state index contributed by atoms with van der Waals surface area (Å²) in [5.74, 6) is 3.89. The van der Waals surface area contributed by atoms with Gasteiger partial charge in [-0.1, -0.05) is 315 Å². The van der Waals surface area contributed by atoms with Crippen LogP contribution in [0.25, 0.3) is 241 Å². The summed E-state index contributed by atoms with van der Waals surface area (Å²) in [6, 6.07) is 147. The van der Waals surface area contributed by atoms with Crippen molar-refractivity contribution in [3.05, 3.63) is 419 Å². The van der Waals surface area contributed by atoms with E-state index in [1.54, 1.807) is 0 Å². The second-order valence-electron chi connectivity index (χ2n) is 31.9. The molecule has 15 heteroatoms. The molecule has 0 bridgehead atoms. The Labute approximate surface area is 764 Å². The predicted molar refractivity (Wildman–Crippen MR) is 550 cm³/mol. The number of hydrogen-bond acceptors (Lipinski definition) is 12. The largest absolute Gasteiger partial charge is 0.306 e. The van der Waals surface area contributed by atoms with Gasteiger partial charge in [-0.05, 0) is 137 Å². The van der Waals surface area contributed by atoms with Crippen LogP contribution in [0.3, 0.4) is 0 Å². The maximum atomic E-state index is 5.07. The van der Waals surface area contributed by atoms with E-state index in [9.17, 15) is 0 Å². The van der Waals surface area contributed by atoms with Crippen molar-refractivity contribution in [2.24, 2.45) is 0 Å². The first-order chi connectivity index (χ1) is 63.9. The lowest BCUT2D eigenvalue weighted by Crippen LogP contribution is -2.00. The molecule has 0 amide bonds. The van der Waals surface area contributed by atoms with E-state index in [1.807, 2.05) is 141 Å². The van der Waals surface area contributed by atoms with Crippen molar-refractivity contribution in [2.75, 3.05) is 0 Å². The van der Waals surface area contributed by atoms with Crippen molar-refractivity contribution < 1.29 is 0 Å². The Bertz CT molecular complexity index is 8690. The molecule has 11 heterocycles. The van der Waals surface area contributed by atoms with Crippen molar-refractivity contribution in [2.45, 2.75) is 0 Å². The van der Waals surface area contributed by atoms with Gasteiger partial charge in [0.2, 0.25) is 0 Å². The van der Waals surface area contributed by atoms with Crippen LogP contribution in [0.1, 0.15) is 0 Å². The molecular formula is C114H69N9S6. The third-order valence-electron chi connectivity index (χ3n) is 24.2. The Kier molecular flexibility index (Phi) is 18.9. The average molecular weight is 1760 g/mol. The molecule has 0 radical (unpaired) electrons. The maximum Gasteiger partial charge on any atom is 0.164 e. The standard InChI is InChI=1S/2C43H26N4S2.C28H17NS2/c1-3-12-27(13-4-1)30-16-11-17-31(26-30)43-45-41(28-14-5-2-6-15-28)44-42(46-43)29-22-24-32(25-23-29)47-37-33-18-7-9-20-35(33)48-39(37)40-38(47)34-19-8-10-21-36(34)49-40;1-3-11-27(12-4-1)28-19-21-30(22-20-28)42-44-41(29-13-5-2-6-14-29)45-43(46-42)31-23-25-32(26-24-31)47-37-33-15-7-9-17-35(33)48-39(37)40-38(47)34-16-8-10-18-36(34)49-40;1-2-8-18(9-3-1)19-14-16-20(17-15-19)29-25-21-10-4-6-12-23(21)30-27(25)28-26(29)22-11-5-7-13-24(22)31-28/h2*1-26H;1-17H. The summed E-state index contributed by atoms with van der Waals surface area (Å²) in [6.07, 6.45) is 0. The van der Waals surface area contributed by atoms with Crippen molar-refractivity contribution in [3.63, 3.8) is 0 Å². The van der Waals surface area contributed by atoms with Gasteiger partial charge < -0.3 is 13.7 Å². The van der Waals surface area contributed by atoms with E-state index in [4.69, 9.17) is 29.9 Å². The number of nitrogens with zero attached hydrogens (tertiary/aromatic N) is 9. The second-order valence-corrected chi connectivity index (χ2v) is 38.2. The average Bonchev–Trinajstić information content (AvgIpc) is 1.56. The summed E-state index contributed by atoms with van der Waals surface area (Å²) in [6.45, 7) is 0. The molecule has 129 heavy (non-hydrogen) atoms. The van der Waals surface area contributed by atoms with Crippen LogP contribution < -0.4 is 0 Å². The van der Waals surface area contributed by atoms with Crippen LogP contribution in [0.4, 0.5) is 0 Å². The van der Waals surface area contributed by atoms with Crippen molar-refractivity contribution >= 4 is 190 Å². The summed E-state index contributed by atoms with van der Waals surface area (Å²) in [4.78, 5) is 30.0. The molecule has 0 spiro atoms. The lowest BCUT2D eigenvalue weighted by molar-refractivity contribution is 1.07. The van der Waals surface area contributed by atoms with E-state index in [2.05, 4.69) is 359 Å². The first-order valence-electron chi connectivity index (χ1n) is 42.8. The zero-order chi connectivity index (χ0) is 85.0. The summed E-state index contributed by atoms with van der Waals surface area (Å²) in [5, 5.41) is 7.81. The van der Waals surface area contributed by atoms with Crippen LogP contribution in [0.15, 0.2) is 419 Å². The van der Waals surface area contributed by atoms with Gasteiger partial charge in [0.15, 0.2) is 34.9 Å². The Morgan fingerprint density at radius 1 is 0.140 bits per heavy atom. The molecule has 0 aliphatic rings. The third-order valence-corrected chi connectivity index (χ3v) is 31.6. The van der Waals surface area contributed by atoms with Crippen LogP contribution in [-0.2, 0) is 0 Å². The first-order valence-corrected chi connectivity index (χ1v) is 47.7.